The number of benzene rings is 1. The molecular weight excluding hydrogens is 366 g/mol. The molecule has 3 rings (SSSR count). The van der Waals surface area contributed by atoms with Gasteiger partial charge in [0.2, 0.25) is 15.9 Å². The molecule has 0 spiro atoms. The number of carbonyl (C=O) groups is 1. The molecule has 0 saturated carbocycles. The number of piperidine rings is 1. The number of rotatable bonds is 4. The van der Waals surface area contributed by atoms with Crippen molar-refractivity contribution >= 4 is 54.4 Å². The number of hydrogen-bond acceptors (Lipinski definition) is 6. The lowest BCUT2D eigenvalue weighted by Gasteiger charge is -2.32. The number of nitrogens with zero attached hydrogens (tertiary/aromatic N) is 2. The van der Waals surface area contributed by atoms with Crippen molar-refractivity contribution in [1.29, 1.82) is 0 Å². The molecule has 6 nitrogen and oxygen atoms in total. The molecule has 2 aromatic rings. The van der Waals surface area contributed by atoms with Crippen molar-refractivity contribution in [3.63, 3.8) is 0 Å². The fourth-order valence-electron chi connectivity index (χ4n) is 2.89. The summed E-state index contributed by atoms with van der Waals surface area (Å²) in [6, 6.07) is 5.27. The van der Waals surface area contributed by atoms with Crippen LogP contribution in [0.4, 0.5) is 5.13 Å². The Bertz CT molecular complexity index is 863. The molecule has 1 amide bonds. The number of amides is 1. The monoisotopic (exact) mass is 385 g/mol. The first-order valence-corrected chi connectivity index (χ1v) is 11.5. The molecular formula is C15H19N3O3S3. The van der Waals surface area contributed by atoms with Gasteiger partial charge in [0.15, 0.2) is 5.13 Å². The maximum absolute atomic E-state index is 12.6. The highest BCUT2D eigenvalue weighted by Crippen LogP contribution is 2.32. The average molecular weight is 386 g/mol. The molecule has 1 fully saturated rings. The number of para-hydroxylation sites is 1. The van der Waals surface area contributed by atoms with E-state index in [-0.39, 0.29) is 5.91 Å². The topological polar surface area (TPSA) is 79.4 Å². The lowest BCUT2D eigenvalue weighted by atomic mass is 10.0. The molecule has 1 aromatic heterocycles. The zero-order chi connectivity index (χ0) is 17.3. The number of fused-ring (bicyclic) bond motifs is 1. The number of aromatic nitrogens is 1. The van der Waals surface area contributed by atoms with Crippen LogP contribution in [0.3, 0.4) is 0 Å². The third-order valence-corrected chi connectivity index (χ3v) is 7.01. The van der Waals surface area contributed by atoms with Crippen LogP contribution in [-0.2, 0) is 14.8 Å². The number of hydrogen-bond donors (Lipinski definition) is 1. The maximum Gasteiger partial charge on any atom is 0.244 e. The van der Waals surface area contributed by atoms with Gasteiger partial charge in [0.1, 0.15) is 6.04 Å². The molecule has 0 aliphatic carbocycles. The fraction of sp³-hybridized carbons (Fsp3) is 0.467. The van der Waals surface area contributed by atoms with Crippen LogP contribution in [0.25, 0.3) is 10.2 Å². The van der Waals surface area contributed by atoms with Gasteiger partial charge in [-0.1, -0.05) is 23.8 Å². The van der Waals surface area contributed by atoms with E-state index in [1.807, 2.05) is 24.5 Å². The minimum Gasteiger partial charge on any atom is -0.301 e. The van der Waals surface area contributed by atoms with Gasteiger partial charge in [-0.25, -0.2) is 13.4 Å². The number of nitrogens with one attached hydrogen (secondary N) is 1. The number of thioether (sulfide) groups is 1. The van der Waals surface area contributed by atoms with E-state index in [1.54, 1.807) is 11.8 Å². The third-order valence-electron chi connectivity index (χ3n) is 4.01. The summed E-state index contributed by atoms with van der Waals surface area (Å²) in [5, 5.41) is 3.32. The molecule has 1 aliphatic heterocycles. The minimum absolute atomic E-state index is 0.301. The van der Waals surface area contributed by atoms with Gasteiger partial charge in [0.25, 0.3) is 0 Å². The molecule has 9 heteroatoms. The summed E-state index contributed by atoms with van der Waals surface area (Å²) in [5.74, 6) is -0.301. The van der Waals surface area contributed by atoms with Crippen LogP contribution in [0, 0.1) is 0 Å². The van der Waals surface area contributed by atoms with Crippen molar-refractivity contribution in [2.24, 2.45) is 0 Å². The van der Waals surface area contributed by atoms with Crippen molar-refractivity contribution in [3.8, 4) is 0 Å². The Labute approximate surface area is 149 Å². The lowest BCUT2D eigenvalue weighted by molar-refractivity contribution is -0.120. The highest BCUT2D eigenvalue weighted by Gasteiger charge is 2.34. The Balaban J connectivity index is 1.83. The minimum atomic E-state index is -3.40. The largest absolute Gasteiger partial charge is 0.301 e. The average Bonchev–Trinajstić information content (AvgIpc) is 2.96. The van der Waals surface area contributed by atoms with Crippen molar-refractivity contribution in [3.05, 3.63) is 18.2 Å². The summed E-state index contributed by atoms with van der Waals surface area (Å²) < 4.78 is 26.1. The van der Waals surface area contributed by atoms with Crippen molar-refractivity contribution in [1.82, 2.24) is 9.29 Å². The van der Waals surface area contributed by atoms with Crippen LogP contribution < -0.4 is 5.32 Å². The zero-order valence-corrected chi connectivity index (χ0v) is 15.9. The molecule has 2 heterocycles. The zero-order valence-electron chi connectivity index (χ0n) is 13.5. The molecule has 1 N–H and O–H groups in total. The Hall–Kier alpha value is -1.16. The molecule has 1 unspecified atom stereocenters. The summed E-state index contributed by atoms with van der Waals surface area (Å²) >= 11 is 3.01. The first-order chi connectivity index (χ1) is 11.4. The molecule has 1 atom stereocenters. The molecule has 1 aromatic carbocycles. The quantitative estimate of drug-likeness (QED) is 0.819. The van der Waals surface area contributed by atoms with Gasteiger partial charge in [-0.3, -0.25) is 4.79 Å². The number of anilines is 1. The van der Waals surface area contributed by atoms with E-state index in [9.17, 15) is 13.2 Å². The molecule has 1 aliphatic rings. The molecule has 0 radical (unpaired) electrons. The van der Waals surface area contributed by atoms with Gasteiger partial charge in [-0.15, -0.1) is 11.8 Å². The van der Waals surface area contributed by atoms with E-state index < -0.39 is 16.1 Å². The van der Waals surface area contributed by atoms with Gasteiger partial charge >= 0.3 is 0 Å². The summed E-state index contributed by atoms with van der Waals surface area (Å²) in [6.07, 6.45) is 5.31. The lowest BCUT2D eigenvalue weighted by Crippen LogP contribution is -2.49. The van der Waals surface area contributed by atoms with Crippen molar-refractivity contribution in [2.45, 2.75) is 30.2 Å². The first-order valence-electron chi connectivity index (χ1n) is 7.61. The Morgan fingerprint density at radius 2 is 2.21 bits per heavy atom. The van der Waals surface area contributed by atoms with Crippen LogP contribution in [-0.4, -0.2) is 48.7 Å². The summed E-state index contributed by atoms with van der Waals surface area (Å²) in [6.45, 7) is 0.396. The van der Waals surface area contributed by atoms with E-state index >= 15 is 0 Å². The molecule has 24 heavy (non-hydrogen) atoms. The SMILES string of the molecule is CSc1cccc2sc(NC(=O)C3CCCCN3S(C)(=O)=O)nc12. The second-order valence-corrected chi connectivity index (χ2v) is 9.51. The van der Waals surface area contributed by atoms with Crippen LogP contribution >= 0.6 is 23.1 Å². The van der Waals surface area contributed by atoms with Crippen LogP contribution in [0.1, 0.15) is 19.3 Å². The van der Waals surface area contributed by atoms with E-state index in [4.69, 9.17) is 0 Å². The van der Waals surface area contributed by atoms with Gasteiger partial charge in [-0.2, -0.15) is 4.31 Å². The van der Waals surface area contributed by atoms with Gasteiger partial charge < -0.3 is 5.32 Å². The maximum atomic E-state index is 12.6. The second-order valence-electron chi connectivity index (χ2n) is 5.70. The standard InChI is InChI=1S/C15H19N3O3S3/c1-22-11-7-5-8-12-13(11)16-15(23-12)17-14(19)10-6-3-4-9-18(10)24(2,20)21/h5,7-8,10H,3-4,6,9H2,1-2H3,(H,16,17,19). The molecule has 130 valence electrons. The Morgan fingerprint density at radius 1 is 1.42 bits per heavy atom. The van der Waals surface area contributed by atoms with E-state index in [0.29, 0.717) is 18.1 Å². The predicted octanol–water partition coefficient (Wildman–Crippen LogP) is 2.77. The number of carbonyl (C=O) groups excluding carboxylic acids is 1. The van der Waals surface area contributed by atoms with Crippen LogP contribution in [0.2, 0.25) is 0 Å². The van der Waals surface area contributed by atoms with Crippen molar-refractivity contribution < 1.29 is 13.2 Å². The van der Waals surface area contributed by atoms with Crippen LogP contribution in [0.15, 0.2) is 23.1 Å². The molecule has 0 bridgehead atoms. The summed E-state index contributed by atoms with van der Waals surface area (Å²) in [5.41, 5.74) is 0.869. The highest BCUT2D eigenvalue weighted by atomic mass is 32.2. The van der Waals surface area contributed by atoms with Gasteiger partial charge in [-0.05, 0) is 31.2 Å². The first kappa shape index (κ1) is 17.7. The van der Waals surface area contributed by atoms with Gasteiger partial charge in [0, 0.05) is 11.4 Å². The predicted molar refractivity (Wildman–Crippen MR) is 99.2 cm³/mol. The number of sulfonamides is 1. The van der Waals surface area contributed by atoms with E-state index in [0.717, 1.165) is 34.2 Å². The summed E-state index contributed by atoms with van der Waals surface area (Å²) in [7, 11) is -3.40. The van der Waals surface area contributed by atoms with E-state index in [2.05, 4.69) is 10.3 Å². The van der Waals surface area contributed by atoms with Gasteiger partial charge in [0.05, 0.1) is 16.5 Å². The van der Waals surface area contributed by atoms with Crippen molar-refractivity contribution in [2.75, 3.05) is 24.4 Å². The number of thiazole rings is 1. The normalized spacial score (nSPS) is 19.5. The molecule has 1 saturated heterocycles. The smallest absolute Gasteiger partial charge is 0.244 e. The Morgan fingerprint density at radius 3 is 2.92 bits per heavy atom. The second kappa shape index (κ2) is 6.99. The Kier molecular flexibility index (Phi) is 5.14. The third kappa shape index (κ3) is 3.58. The van der Waals surface area contributed by atoms with E-state index in [1.165, 1.54) is 15.6 Å². The van der Waals surface area contributed by atoms with Crippen LogP contribution in [0.5, 0.6) is 0 Å². The fourth-order valence-corrected chi connectivity index (χ4v) is 5.54. The highest BCUT2D eigenvalue weighted by molar-refractivity contribution is 7.98. The summed E-state index contributed by atoms with van der Waals surface area (Å²) in [4.78, 5) is 18.2.